The fourth-order valence-electron chi connectivity index (χ4n) is 23.0. The summed E-state index contributed by atoms with van der Waals surface area (Å²) in [6.45, 7) is 111. The molecule has 0 bridgehead atoms. The largest absolute Gasteiger partial charge is 0.0683 e. The number of benzene rings is 7. The van der Waals surface area contributed by atoms with Gasteiger partial charge in [-0.3, -0.25) is 0 Å². The zero-order chi connectivity index (χ0) is 108. The Morgan fingerprint density at radius 1 is 0.234 bits per heavy atom. The fourth-order valence-corrected chi connectivity index (χ4v) is 23.0. The van der Waals surface area contributed by atoms with Crippen LogP contribution in [-0.2, 0) is 48.3 Å². The van der Waals surface area contributed by atoms with Crippen molar-refractivity contribution in [2.45, 2.75) is 560 Å². The van der Waals surface area contributed by atoms with Gasteiger partial charge in [0.2, 0.25) is 0 Å². The van der Waals surface area contributed by atoms with Crippen LogP contribution in [0.1, 0.15) is 576 Å². The van der Waals surface area contributed by atoms with Crippen molar-refractivity contribution >= 4 is 0 Å². The van der Waals surface area contributed by atoms with E-state index in [0.29, 0.717) is 21.7 Å². The van der Waals surface area contributed by atoms with Gasteiger partial charge in [0.05, 0.1) is 0 Å². The minimum Gasteiger partial charge on any atom is -0.0683 e. The van der Waals surface area contributed by atoms with E-state index in [4.69, 9.17) is 0 Å². The third kappa shape index (κ3) is 43.9. The molecule has 0 heterocycles. The number of aryl methyl sites for hydroxylation is 4. The molecule has 0 aromatic heterocycles. The third-order valence-corrected chi connectivity index (χ3v) is 28.6. The highest BCUT2D eigenvalue weighted by atomic mass is 14.6. The molecule has 0 nitrogen and oxygen atoms in total. The van der Waals surface area contributed by atoms with E-state index in [1.807, 2.05) is 166 Å². The second-order valence-electron chi connectivity index (χ2n) is 37.9. The zero-order valence-electron chi connectivity index (χ0n) is 103. The first-order valence-corrected chi connectivity index (χ1v) is 59.8. The predicted molar refractivity (Wildman–Crippen MR) is 642 cm³/mol. The van der Waals surface area contributed by atoms with Crippen LogP contribution in [0.4, 0.5) is 0 Å². The number of hydrogen-bond donors (Lipinski definition) is 0. The van der Waals surface area contributed by atoms with Crippen molar-refractivity contribution < 1.29 is 0 Å². The summed E-state index contributed by atoms with van der Waals surface area (Å²) >= 11 is 0. The Kier molecular flexibility index (Phi) is 97.1. The van der Waals surface area contributed by atoms with Crippen LogP contribution in [-0.4, -0.2) is 0 Å². The quantitative estimate of drug-likeness (QED) is 0.156. The average Bonchev–Trinajstić information content (AvgIpc) is 1.60. The van der Waals surface area contributed by atoms with Crippen molar-refractivity contribution in [1.29, 1.82) is 0 Å². The lowest BCUT2D eigenvalue weighted by molar-refractivity contribution is 0.0230. The van der Waals surface area contributed by atoms with Gasteiger partial charge in [-0.25, -0.2) is 0 Å². The van der Waals surface area contributed by atoms with Gasteiger partial charge in [0.15, 0.2) is 0 Å². The molecule has 6 unspecified atom stereocenters. The summed E-state index contributed by atoms with van der Waals surface area (Å²) in [5.41, 5.74) is 24.1. The van der Waals surface area contributed by atoms with Crippen molar-refractivity contribution in [2.24, 2.45) is 64.6 Å². The molecule has 18 atom stereocenters. The summed E-state index contributed by atoms with van der Waals surface area (Å²) in [5.74, 6) is 11.7. The van der Waals surface area contributed by atoms with Gasteiger partial charge in [-0.05, 0) is 293 Å². The molecular weight excluding hydrogens is 1650 g/mol. The molecule has 0 aliphatic heterocycles. The summed E-state index contributed by atoms with van der Waals surface area (Å²) in [6, 6.07) is 64.0. The molecule has 0 heteroatoms. The first kappa shape index (κ1) is 147. The van der Waals surface area contributed by atoms with E-state index in [1.54, 1.807) is 66.8 Å². The van der Waals surface area contributed by atoms with Crippen molar-refractivity contribution in [3.63, 3.8) is 0 Å². The molecule has 0 amide bonds. The Morgan fingerprint density at radius 3 is 0.701 bits per heavy atom. The number of rotatable bonds is 6. The van der Waals surface area contributed by atoms with E-state index >= 15 is 0 Å². The van der Waals surface area contributed by atoms with E-state index in [0.717, 1.165) is 89.3 Å². The number of hydrogen-bond acceptors (Lipinski definition) is 0. The van der Waals surface area contributed by atoms with Crippen molar-refractivity contribution in [1.82, 2.24) is 0 Å². The lowest BCUT2D eigenvalue weighted by Gasteiger charge is -2.49. The Balaban J connectivity index is -0.000000234. The molecule has 7 aromatic carbocycles. The highest BCUT2D eigenvalue weighted by Gasteiger charge is 2.59. The van der Waals surface area contributed by atoms with Crippen LogP contribution >= 0.6 is 0 Å². The highest BCUT2D eigenvalue weighted by Crippen LogP contribution is 2.67. The van der Waals surface area contributed by atoms with Gasteiger partial charge >= 0.3 is 0 Å². The van der Waals surface area contributed by atoms with Gasteiger partial charge < -0.3 is 0 Å². The van der Waals surface area contributed by atoms with Crippen molar-refractivity contribution in [3.05, 3.63) is 248 Å². The van der Waals surface area contributed by atoms with E-state index in [2.05, 4.69) is 364 Å². The fraction of sp³-hybridized carbons (Fsp3) is 0.693. The molecule has 7 aromatic rings. The lowest BCUT2D eigenvalue weighted by atomic mass is 9.56. The Morgan fingerprint density at radius 2 is 0.445 bits per heavy atom. The van der Waals surface area contributed by atoms with Gasteiger partial charge in [0, 0.05) is 0 Å². The van der Waals surface area contributed by atoms with Crippen molar-refractivity contribution in [2.75, 3.05) is 0 Å². The number of fused-ring (bicyclic) bond motifs is 12. The van der Waals surface area contributed by atoms with Gasteiger partial charge in [-0.2, -0.15) is 0 Å². The molecule has 9 aliphatic rings. The first-order chi connectivity index (χ1) is 66.3. The zero-order valence-corrected chi connectivity index (χ0v) is 103. The molecule has 6 fully saturated rings. The summed E-state index contributed by atoms with van der Waals surface area (Å²) in [6.07, 6.45) is 33.2. The van der Waals surface area contributed by atoms with Gasteiger partial charge in [-0.1, -0.05) is 580 Å². The summed E-state index contributed by atoms with van der Waals surface area (Å²) in [4.78, 5) is 0. The van der Waals surface area contributed by atoms with Gasteiger partial charge in [0.25, 0.3) is 0 Å². The van der Waals surface area contributed by atoms with E-state index in [9.17, 15) is 0 Å². The molecule has 796 valence electrons. The molecule has 137 heavy (non-hydrogen) atoms. The van der Waals surface area contributed by atoms with Crippen LogP contribution in [0.15, 0.2) is 170 Å². The maximum atomic E-state index is 2.67. The Bertz CT molecular complexity index is 3600. The Hall–Kier alpha value is -5.46. The molecule has 6 saturated carbocycles. The van der Waals surface area contributed by atoms with Crippen LogP contribution in [0.5, 0.6) is 0 Å². The second kappa shape index (κ2) is 90.5. The van der Waals surface area contributed by atoms with Crippen LogP contribution in [0.3, 0.4) is 0 Å². The topological polar surface area (TPSA) is 0 Å². The molecule has 0 radical (unpaired) electrons. The van der Waals surface area contributed by atoms with Crippen LogP contribution in [0.2, 0.25) is 0 Å². The second-order valence-corrected chi connectivity index (χ2v) is 37.9. The lowest BCUT2D eigenvalue weighted by Crippen LogP contribution is -2.41. The monoisotopic (exact) mass is 1890 g/mol. The maximum absolute atomic E-state index is 2.67. The van der Waals surface area contributed by atoms with E-state index in [-0.39, 0.29) is 0 Å². The van der Waals surface area contributed by atoms with Crippen LogP contribution in [0.25, 0.3) is 0 Å². The summed E-state index contributed by atoms with van der Waals surface area (Å²) in [7, 11) is 0. The predicted octanol–water partition coefficient (Wildman–Crippen LogP) is 47.0. The normalized spacial score (nSPS) is 24.8. The summed E-state index contributed by atoms with van der Waals surface area (Å²) < 4.78 is 0. The molecule has 16 rings (SSSR count). The van der Waals surface area contributed by atoms with Crippen molar-refractivity contribution in [3.8, 4) is 0 Å². The van der Waals surface area contributed by atoms with Gasteiger partial charge in [0.1, 0.15) is 0 Å². The maximum Gasteiger partial charge on any atom is -0.00151 e. The molecule has 9 aliphatic carbocycles. The summed E-state index contributed by atoms with van der Waals surface area (Å²) in [5, 5.41) is 0. The molecule has 0 saturated heterocycles. The van der Waals surface area contributed by atoms with Gasteiger partial charge in [-0.15, -0.1) is 0 Å². The minimum atomic E-state index is 0.383. The SMILES string of the molecule is CC.CC.CC.CC.CC.CC.CC.CC.CC.CC.CC.CC.CCC.CCC.CCC.CCC.CCC.CCC.CCC.CCC.CCc1ccccc1C1C[C@H]2CC3CCCC3[C@]2(C)[C@@H](C)C1.CCc1ccccc1C1C[C@H]2Cc3ccccc3[C@]2(C)[C@@H](C)C1.Cc1ccccc1C1C[C@H]2Cc3ccccc3[C@]2(C)[C@@H](C)C1.Cc1ccccc1C1C[C@H]2Cc3ccccc3[C@]2(C)[C@@H](C)C1. The highest BCUT2D eigenvalue weighted by molar-refractivity contribution is 5.47. The molecule has 0 spiro atoms. The minimum absolute atomic E-state index is 0.383. The molecule has 0 N–H and O–H groups in total. The smallest absolute Gasteiger partial charge is 0.00151 e. The average molecular weight is 1900 g/mol. The Labute approximate surface area is 867 Å². The molecular formula is C137H248. The van der Waals surface area contributed by atoms with E-state index < -0.39 is 0 Å². The van der Waals surface area contributed by atoms with E-state index in [1.165, 1.54) is 165 Å². The van der Waals surface area contributed by atoms with Crippen LogP contribution in [0, 0.1) is 78.4 Å². The first-order valence-electron chi connectivity index (χ1n) is 59.8. The third-order valence-electron chi connectivity index (χ3n) is 28.6. The van der Waals surface area contributed by atoms with Crippen LogP contribution < -0.4 is 0 Å². The standard InChI is InChI=1S/C23H28.2C22H26.C22H32.8C3H8.12C2H6/c1-4-17-9-5-7-11-21(17)19-13-16(2)23(3)20(15-19)14-18-10-6-8-12-22(18)23;2*1-15-8-4-6-10-20(15)18-12-16(2)22(3)19(14-18)13-17-9-5-7-11-21(17)22;1-4-16-8-5-6-10-20(16)18-12-15(2)22(3)19(14-18)13-17-9-7-11-21(17)22;8*1-3-2;12*1-2/h5-12,16,19-20H,4,13-15H2,1-3H3;2*4-11,16,18-19H,12-14H2,1-3H3;5-6,8,10,15,17-19,21H,4,7,9,11-14H2,1-3H3;8*3H2,1-2H3;12*1-2H3/t16-,19?,20+,23+;2*16-,18?,19+,22+;15-,17?,18?,19+,21?,22+;;;;;;;;;;;;;;;;;;;;/m0000..................../s1.